The lowest BCUT2D eigenvalue weighted by molar-refractivity contribution is -0.0894. The van der Waals surface area contributed by atoms with E-state index in [2.05, 4.69) is 17.4 Å². The van der Waals surface area contributed by atoms with Crippen LogP contribution in [0, 0.1) is 0 Å². The van der Waals surface area contributed by atoms with E-state index in [1.165, 1.54) is 0 Å². The predicted octanol–water partition coefficient (Wildman–Crippen LogP) is 3.92. The van der Waals surface area contributed by atoms with Crippen molar-refractivity contribution in [3.8, 4) is 5.75 Å². The second-order valence-corrected chi connectivity index (χ2v) is 9.51. The molecule has 0 spiro atoms. The molecule has 7 heteroatoms. The molecule has 1 amide bonds. The molecule has 7 nitrogen and oxygen atoms in total. The van der Waals surface area contributed by atoms with E-state index < -0.39 is 5.60 Å². The fraction of sp³-hybridized carbons (Fsp3) is 0.708. The van der Waals surface area contributed by atoms with Gasteiger partial charge in [0.1, 0.15) is 11.4 Å². The van der Waals surface area contributed by atoms with Crippen LogP contribution in [0.15, 0.2) is 24.3 Å². The summed E-state index contributed by atoms with van der Waals surface area (Å²) < 4.78 is 22.5. The topological polar surface area (TPSA) is 69.3 Å². The maximum absolute atomic E-state index is 12.9. The lowest BCUT2D eigenvalue weighted by Crippen LogP contribution is -2.51. The van der Waals surface area contributed by atoms with Crippen LogP contribution in [0.25, 0.3) is 0 Å². The van der Waals surface area contributed by atoms with E-state index in [1.807, 2.05) is 37.8 Å². The molecule has 2 aliphatic heterocycles. The van der Waals surface area contributed by atoms with Crippen molar-refractivity contribution in [3.05, 3.63) is 29.8 Å². The first-order chi connectivity index (χ1) is 14.8. The second kappa shape index (κ2) is 10.2. The molecule has 31 heavy (non-hydrogen) atoms. The third-order valence-corrected chi connectivity index (χ3v) is 6.27. The van der Waals surface area contributed by atoms with E-state index in [0.29, 0.717) is 26.3 Å². The lowest BCUT2D eigenvalue weighted by atomic mass is 9.91. The molecule has 1 aromatic carbocycles. The van der Waals surface area contributed by atoms with Crippen molar-refractivity contribution >= 4 is 6.09 Å². The summed E-state index contributed by atoms with van der Waals surface area (Å²) in [6.07, 6.45) is 3.34. The Labute approximate surface area is 186 Å². The highest BCUT2D eigenvalue weighted by molar-refractivity contribution is 5.69. The van der Waals surface area contributed by atoms with Crippen LogP contribution in [-0.2, 0) is 14.2 Å². The van der Waals surface area contributed by atoms with E-state index in [9.17, 15) is 4.79 Å². The van der Waals surface area contributed by atoms with Gasteiger partial charge in [-0.05, 0) is 51.3 Å². The molecule has 0 saturated carbocycles. The van der Waals surface area contributed by atoms with Gasteiger partial charge in [-0.1, -0.05) is 12.1 Å². The molecule has 2 saturated heterocycles. The number of hydrogen-bond donors (Lipinski definition) is 1. The summed E-state index contributed by atoms with van der Waals surface area (Å²) in [6.45, 7) is 8.53. The fourth-order valence-electron chi connectivity index (χ4n) is 4.47. The minimum Gasteiger partial charge on any atom is -0.497 e. The van der Waals surface area contributed by atoms with E-state index in [4.69, 9.17) is 18.9 Å². The summed E-state index contributed by atoms with van der Waals surface area (Å²) in [5, 5.41) is 3.75. The zero-order valence-electron chi connectivity index (χ0n) is 19.6. The molecule has 0 aromatic heterocycles. The Hall–Kier alpha value is -1.83. The zero-order valence-corrected chi connectivity index (χ0v) is 19.6. The second-order valence-electron chi connectivity index (χ2n) is 9.51. The molecule has 2 heterocycles. The molecule has 1 N–H and O–H groups in total. The Morgan fingerprint density at radius 1 is 1.23 bits per heavy atom. The van der Waals surface area contributed by atoms with Crippen molar-refractivity contribution in [3.63, 3.8) is 0 Å². The number of benzene rings is 1. The van der Waals surface area contributed by atoms with Gasteiger partial charge in [0.25, 0.3) is 0 Å². The van der Waals surface area contributed by atoms with Crippen molar-refractivity contribution in [2.75, 3.05) is 40.5 Å². The van der Waals surface area contributed by atoms with Crippen LogP contribution in [-0.4, -0.2) is 68.8 Å². The average molecular weight is 435 g/mol. The Bertz CT molecular complexity index is 710. The third-order valence-electron chi connectivity index (χ3n) is 6.27. The molecule has 0 radical (unpaired) electrons. The number of likely N-dealkylation sites (tertiary alicyclic amines) is 1. The maximum Gasteiger partial charge on any atom is 0.410 e. The number of nitrogens with one attached hydrogen (secondary N) is 1. The molecule has 2 fully saturated rings. The molecule has 3 rings (SSSR count). The Morgan fingerprint density at radius 2 is 1.90 bits per heavy atom. The number of ether oxygens (including phenoxy) is 4. The van der Waals surface area contributed by atoms with Gasteiger partial charge in [-0.2, -0.15) is 0 Å². The smallest absolute Gasteiger partial charge is 0.410 e. The predicted molar refractivity (Wildman–Crippen MR) is 119 cm³/mol. The standard InChI is InChI=1S/C24H38N2O5/c1-23(2,3)31-22(27)26-14-6-7-20(26)21(18-8-10-19(28-4)11-9-18)25-17-24(29-5)12-15-30-16-13-24/h8-11,20-21,25H,6-7,12-17H2,1-5H3/t20-,21+/m0/s1. The molecule has 2 aliphatic rings. The fourth-order valence-corrected chi connectivity index (χ4v) is 4.47. The summed E-state index contributed by atoms with van der Waals surface area (Å²) in [6, 6.07) is 8.07. The summed E-state index contributed by atoms with van der Waals surface area (Å²) >= 11 is 0. The van der Waals surface area contributed by atoms with Gasteiger partial charge >= 0.3 is 6.09 Å². The molecule has 0 aliphatic carbocycles. The molecule has 174 valence electrons. The Morgan fingerprint density at radius 3 is 2.48 bits per heavy atom. The quantitative estimate of drug-likeness (QED) is 0.702. The summed E-state index contributed by atoms with van der Waals surface area (Å²) in [7, 11) is 3.44. The molecule has 0 unspecified atom stereocenters. The third kappa shape index (κ3) is 6.11. The van der Waals surface area contributed by atoms with Crippen molar-refractivity contribution in [1.29, 1.82) is 0 Å². The van der Waals surface area contributed by atoms with Crippen molar-refractivity contribution in [2.24, 2.45) is 0 Å². The monoisotopic (exact) mass is 434 g/mol. The highest BCUT2D eigenvalue weighted by Crippen LogP contribution is 2.33. The molecular weight excluding hydrogens is 396 g/mol. The molecule has 0 bridgehead atoms. The van der Waals surface area contributed by atoms with Gasteiger partial charge in [0, 0.05) is 46.3 Å². The van der Waals surface area contributed by atoms with E-state index >= 15 is 0 Å². The number of methoxy groups -OCH3 is 2. The van der Waals surface area contributed by atoms with Crippen LogP contribution in [0.5, 0.6) is 5.75 Å². The van der Waals surface area contributed by atoms with Crippen LogP contribution in [0.1, 0.15) is 58.1 Å². The van der Waals surface area contributed by atoms with Gasteiger partial charge in [0.15, 0.2) is 0 Å². The minimum atomic E-state index is -0.518. The van der Waals surface area contributed by atoms with E-state index in [1.54, 1.807) is 14.2 Å². The first-order valence-corrected chi connectivity index (χ1v) is 11.3. The summed E-state index contributed by atoms with van der Waals surface area (Å²) in [4.78, 5) is 14.8. The molecule has 1 aromatic rings. The van der Waals surface area contributed by atoms with Gasteiger partial charge in [0.05, 0.1) is 24.8 Å². The number of amides is 1. The van der Waals surface area contributed by atoms with E-state index in [-0.39, 0.29) is 23.8 Å². The van der Waals surface area contributed by atoms with Crippen LogP contribution < -0.4 is 10.1 Å². The first-order valence-electron chi connectivity index (χ1n) is 11.3. The minimum absolute atomic E-state index is 0.0111. The Balaban J connectivity index is 1.83. The first kappa shape index (κ1) is 23.8. The van der Waals surface area contributed by atoms with Crippen LogP contribution in [0.3, 0.4) is 0 Å². The summed E-state index contributed by atoms with van der Waals surface area (Å²) in [5.74, 6) is 0.815. The number of nitrogens with zero attached hydrogens (tertiary/aromatic N) is 1. The van der Waals surface area contributed by atoms with Crippen molar-refractivity contribution < 1.29 is 23.7 Å². The van der Waals surface area contributed by atoms with Crippen LogP contribution >= 0.6 is 0 Å². The highest BCUT2D eigenvalue weighted by Gasteiger charge is 2.40. The normalized spacial score (nSPS) is 22.2. The average Bonchev–Trinajstić information content (AvgIpc) is 3.24. The van der Waals surface area contributed by atoms with Crippen LogP contribution in [0.2, 0.25) is 0 Å². The molecular formula is C24H38N2O5. The van der Waals surface area contributed by atoms with Crippen molar-refractivity contribution in [1.82, 2.24) is 10.2 Å². The van der Waals surface area contributed by atoms with Gasteiger partial charge in [0.2, 0.25) is 0 Å². The van der Waals surface area contributed by atoms with Gasteiger partial charge in [-0.15, -0.1) is 0 Å². The molecule has 2 atom stereocenters. The van der Waals surface area contributed by atoms with Crippen LogP contribution in [0.4, 0.5) is 4.79 Å². The summed E-state index contributed by atoms with van der Waals surface area (Å²) in [5.41, 5.74) is 0.355. The van der Waals surface area contributed by atoms with Gasteiger partial charge < -0.3 is 29.2 Å². The highest BCUT2D eigenvalue weighted by atomic mass is 16.6. The maximum atomic E-state index is 12.9. The largest absolute Gasteiger partial charge is 0.497 e. The number of carbonyl (C=O) groups excluding carboxylic acids is 1. The number of carbonyl (C=O) groups is 1. The van der Waals surface area contributed by atoms with Gasteiger partial charge in [-0.3, -0.25) is 0 Å². The zero-order chi connectivity index (χ0) is 22.5. The Kier molecular flexibility index (Phi) is 7.83. The van der Waals surface area contributed by atoms with E-state index in [0.717, 1.165) is 37.0 Å². The van der Waals surface area contributed by atoms with Crippen molar-refractivity contribution in [2.45, 2.75) is 69.7 Å². The lowest BCUT2D eigenvalue weighted by Gasteiger charge is -2.39. The van der Waals surface area contributed by atoms with Gasteiger partial charge in [-0.25, -0.2) is 4.79 Å². The number of rotatable bonds is 7. The SMILES string of the molecule is COc1ccc([C@@H](NCC2(OC)CCOCC2)[C@@H]2CCCN2C(=O)OC(C)(C)C)cc1. The number of hydrogen-bond acceptors (Lipinski definition) is 6.